The van der Waals surface area contributed by atoms with E-state index < -0.39 is 0 Å². The average molecular weight is 403 g/mol. The van der Waals surface area contributed by atoms with Gasteiger partial charge >= 0.3 is 0 Å². The first-order chi connectivity index (χ1) is 14.7. The smallest absolute Gasteiger partial charge is 0.254 e. The Labute approximate surface area is 176 Å². The van der Waals surface area contributed by atoms with Crippen LogP contribution in [0.15, 0.2) is 60.9 Å². The molecule has 1 amide bonds. The number of likely N-dealkylation sites (tertiary alicyclic amines) is 1. The number of hydrogen-bond donors (Lipinski definition) is 0. The van der Waals surface area contributed by atoms with Crippen molar-refractivity contribution in [2.75, 3.05) is 20.8 Å². The van der Waals surface area contributed by atoms with Crippen molar-refractivity contribution in [3.05, 3.63) is 72.1 Å². The molecule has 1 fully saturated rings. The Morgan fingerprint density at radius 3 is 2.57 bits per heavy atom. The van der Waals surface area contributed by atoms with E-state index in [0.717, 1.165) is 36.9 Å². The molecule has 0 aliphatic carbocycles. The van der Waals surface area contributed by atoms with E-state index in [1.165, 1.54) is 0 Å². The van der Waals surface area contributed by atoms with Gasteiger partial charge < -0.3 is 14.4 Å². The number of nitrogens with zero attached hydrogens (tertiary/aromatic N) is 3. The van der Waals surface area contributed by atoms with E-state index >= 15 is 0 Å². The third-order valence-electron chi connectivity index (χ3n) is 5.52. The van der Waals surface area contributed by atoms with E-state index in [1.807, 2.05) is 47.4 Å². The van der Waals surface area contributed by atoms with Gasteiger partial charge in [-0.2, -0.15) is 0 Å². The summed E-state index contributed by atoms with van der Waals surface area (Å²) >= 11 is 0. The van der Waals surface area contributed by atoms with Gasteiger partial charge in [-0.3, -0.25) is 4.79 Å². The fraction of sp³-hybridized carbons (Fsp3) is 0.292. The Balaban J connectivity index is 1.58. The summed E-state index contributed by atoms with van der Waals surface area (Å²) in [6.45, 7) is 0.751. The summed E-state index contributed by atoms with van der Waals surface area (Å²) in [6.07, 6.45) is 6.13. The molecule has 30 heavy (non-hydrogen) atoms. The molecule has 0 spiro atoms. The standard InChI is InChI=1S/C24H25N3O3/c1-29-21-11-10-17(16-22(21)30-2)15-18-7-5-14-27(18)24(28)20-9-4-3-8-19(20)23-25-12-6-13-26-23/h3-4,6,8-13,16,18H,5,7,14-15H2,1-2H3/t18-/m0/s1. The van der Waals surface area contributed by atoms with Crippen LogP contribution in [0.4, 0.5) is 0 Å². The minimum Gasteiger partial charge on any atom is -0.493 e. The number of carbonyl (C=O) groups excluding carboxylic acids is 1. The summed E-state index contributed by atoms with van der Waals surface area (Å²) in [4.78, 5) is 24.1. The molecule has 2 heterocycles. The second-order valence-electron chi connectivity index (χ2n) is 7.31. The molecular formula is C24H25N3O3. The predicted molar refractivity (Wildman–Crippen MR) is 115 cm³/mol. The Kier molecular flexibility index (Phi) is 5.93. The molecule has 1 saturated heterocycles. The van der Waals surface area contributed by atoms with Gasteiger partial charge in [0.05, 0.1) is 19.8 Å². The van der Waals surface area contributed by atoms with Gasteiger partial charge in [0.1, 0.15) is 0 Å². The summed E-state index contributed by atoms with van der Waals surface area (Å²) in [7, 11) is 3.26. The second-order valence-corrected chi connectivity index (χ2v) is 7.31. The molecule has 6 nitrogen and oxygen atoms in total. The van der Waals surface area contributed by atoms with Crippen molar-refractivity contribution in [1.29, 1.82) is 0 Å². The number of methoxy groups -OCH3 is 2. The lowest BCUT2D eigenvalue weighted by molar-refractivity contribution is 0.0737. The number of aromatic nitrogens is 2. The molecule has 4 rings (SSSR count). The van der Waals surface area contributed by atoms with Crippen LogP contribution in [0, 0.1) is 0 Å². The van der Waals surface area contributed by atoms with Crippen LogP contribution in [0.25, 0.3) is 11.4 Å². The number of hydrogen-bond acceptors (Lipinski definition) is 5. The number of carbonyl (C=O) groups is 1. The van der Waals surface area contributed by atoms with E-state index in [0.29, 0.717) is 22.9 Å². The van der Waals surface area contributed by atoms with Gasteiger partial charge in [0, 0.05) is 30.5 Å². The van der Waals surface area contributed by atoms with E-state index in [2.05, 4.69) is 9.97 Å². The zero-order chi connectivity index (χ0) is 20.9. The summed E-state index contributed by atoms with van der Waals surface area (Å²) in [6, 6.07) is 15.4. The van der Waals surface area contributed by atoms with Crippen molar-refractivity contribution in [2.24, 2.45) is 0 Å². The average Bonchev–Trinajstić information content (AvgIpc) is 3.27. The molecule has 3 aromatic rings. The molecule has 0 radical (unpaired) electrons. The molecule has 0 unspecified atom stereocenters. The lowest BCUT2D eigenvalue weighted by atomic mass is 10.0. The van der Waals surface area contributed by atoms with Crippen LogP contribution in [-0.4, -0.2) is 47.6 Å². The van der Waals surface area contributed by atoms with E-state index in [-0.39, 0.29) is 11.9 Å². The zero-order valence-corrected chi connectivity index (χ0v) is 17.2. The number of ether oxygens (including phenoxy) is 2. The Hall–Kier alpha value is -3.41. The first-order valence-corrected chi connectivity index (χ1v) is 10.1. The van der Waals surface area contributed by atoms with E-state index in [4.69, 9.17) is 9.47 Å². The molecule has 154 valence electrons. The number of benzene rings is 2. The Morgan fingerprint density at radius 1 is 1.03 bits per heavy atom. The molecule has 1 aliphatic heterocycles. The first kappa shape index (κ1) is 19.9. The van der Waals surface area contributed by atoms with E-state index in [9.17, 15) is 4.79 Å². The van der Waals surface area contributed by atoms with Crippen LogP contribution in [0.3, 0.4) is 0 Å². The Morgan fingerprint density at radius 2 is 1.80 bits per heavy atom. The molecule has 6 heteroatoms. The molecule has 1 aromatic heterocycles. The van der Waals surface area contributed by atoms with Crippen LogP contribution in [0.1, 0.15) is 28.8 Å². The third-order valence-corrected chi connectivity index (χ3v) is 5.52. The van der Waals surface area contributed by atoms with Crippen molar-refractivity contribution in [3.8, 4) is 22.9 Å². The predicted octanol–water partition coefficient (Wildman–Crippen LogP) is 4.01. The highest BCUT2D eigenvalue weighted by Crippen LogP contribution is 2.31. The van der Waals surface area contributed by atoms with Gasteiger partial charge in [0.2, 0.25) is 0 Å². The molecule has 1 atom stereocenters. The molecular weight excluding hydrogens is 378 g/mol. The SMILES string of the molecule is COc1ccc(C[C@@H]2CCCN2C(=O)c2ccccc2-c2ncccn2)cc1OC. The van der Waals surface area contributed by atoms with Crippen molar-refractivity contribution < 1.29 is 14.3 Å². The number of rotatable bonds is 6. The van der Waals surface area contributed by atoms with Crippen LogP contribution in [0.5, 0.6) is 11.5 Å². The minimum atomic E-state index is 0.0287. The van der Waals surface area contributed by atoms with Crippen LogP contribution in [-0.2, 0) is 6.42 Å². The lowest BCUT2D eigenvalue weighted by Crippen LogP contribution is -2.37. The summed E-state index contributed by atoms with van der Waals surface area (Å²) in [5, 5.41) is 0. The fourth-order valence-electron chi connectivity index (χ4n) is 4.05. The van der Waals surface area contributed by atoms with Gasteiger partial charge in [-0.25, -0.2) is 9.97 Å². The number of amides is 1. The molecule has 0 N–H and O–H groups in total. The van der Waals surface area contributed by atoms with Crippen molar-refractivity contribution in [1.82, 2.24) is 14.9 Å². The fourth-order valence-corrected chi connectivity index (χ4v) is 4.05. The highest BCUT2D eigenvalue weighted by atomic mass is 16.5. The van der Waals surface area contributed by atoms with Crippen LogP contribution in [0.2, 0.25) is 0 Å². The minimum absolute atomic E-state index is 0.0287. The highest BCUT2D eigenvalue weighted by molar-refractivity contribution is 6.00. The highest BCUT2D eigenvalue weighted by Gasteiger charge is 2.31. The maximum atomic E-state index is 13.5. The monoisotopic (exact) mass is 403 g/mol. The molecule has 1 aliphatic rings. The first-order valence-electron chi connectivity index (χ1n) is 10.1. The van der Waals surface area contributed by atoms with Crippen molar-refractivity contribution in [2.45, 2.75) is 25.3 Å². The maximum Gasteiger partial charge on any atom is 0.254 e. The van der Waals surface area contributed by atoms with Gasteiger partial charge in [-0.1, -0.05) is 24.3 Å². The van der Waals surface area contributed by atoms with Gasteiger partial charge in [-0.05, 0) is 49.1 Å². The summed E-state index contributed by atoms with van der Waals surface area (Å²) < 4.78 is 10.8. The second kappa shape index (κ2) is 8.95. The normalized spacial score (nSPS) is 15.8. The Bertz CT molecular complexity index is 1020. The van der Waals surface area contributed by atoms with Crippen molar-refractivity contribution >= 4 is 5.91 Å². The molecule has 0 saturated carbocycles. The zero-order valence-electron chi connectivity index (χ0n) is 17.2. The summed E-state index contributed by atoms with van der Waals surface area (Å²) in [5.41, 5.74) is 2.53. The lowest BCUT2D eigenvalue weighted by Gasteiger charge is -2.26. The topological polar surface area (TPSA) is 64.5 Å². The van der Waals surface area contributed by atoms with E-state index in [1.54, 1.807) is 32.7 Å². The van der Waals surface area contributed by atoms with Gasteiger partial charge in [-0.15, -0.1) is 0 Å². The van der Waals surface area contributed by atoms with Gasteiger partial charge in [0.25, 0.3) is 5.91 Å². The molecule has 0 bridgehead atoms. The van der Waals surface area contributed by atoms with Crippen LogP contribution >= 0.6 is 0 Å². The quantitative estimate of drug-likeness (QED) is 0.622. The third kappa shape index (κ3) is 3.99. The molecule has 2 aromatic carbocycles. The largest absolute Gasteiger partial charge is 0.493 e. The van der Waals surface area contributed by atoms with Crippen LogP contribution < -0.4 is 9.47 Å². The van der Waals surface area contributed by atoms with Crippen molar-refractivity contribution in [3.63, 3.8) is 0 Å². The van der Waals surface area contributed by atoms with Gasteiger partial charge in [0.15, 0.2) is 17.3 Å². The maximum absolute atomic E-state index is 13.5. The summed E-state index contributed by atoms with van der Waals surface area (Å²) in [5.74, 6) is 2.01.